The van der Waals surface area contributed by atoms with Crippen LogP contribution in [0.25, 0.3) is 6.08 Å². The predicted octanol–water partition coefficient (Wildman–Crippen LogP) is 3.19. The molecule has 0 saturated carbocycles. The zero-order chi connectivity index (χ0) is 19.6. The van der Waals surface area contributed by atoms with Crippen molar-refractivity contribution in [1.82, 2.24) is 9.97 Å². The monoisotopic (exact) mass is 366 g/mol. The minimum atomic E-state index is -0.499. The molecule has 138 valence electrons. The van der Waals surface area contributed by atoms with Gasteiger partial charge in [0, 0.05) is 30.8 Å². The Labute approximate surface area is 155 Å². The number of amides is 1. The molecule has 1 heterocycles. The Morgan fingerprint density at radius 1 is 1.33 bits per heavy atom. The summed E-state index contributed by atoms with van der Waals surface area (Å²) in [5.41, 5.74) is 1.42. The Balaban J connectivity index is 1.72. The van der Waals surface area contributed by atoms with Gasteiger partial charge in [-0.15, -0.1) is 0 Å². The molecule has 8 nitrogen and oxygen atoms in total. The fourth-order valence-electron chi connectivity index (χ4n) is 2.96. The third-order valence-corrected chi connectivity index (χ3v) is 4.20. The van der Waals surface area contributed by atoms with Crippen LogP contribution in [0.2, 0.25) is 0 Å². The predicted molar refractivity (Wildman–Crippen MR) is 99.2 cm³/mol. The third kappa shape index (κ3) is 4.41. The van der Waals surface area contributed by atoms with Crippen LogP contribution >= 0.6 is 0 Å². The van der Waals surface area contributed by atoms with Gasteiger partial charge in [-0.1, -0.05) is 26.0 Å². The average Bonchev–Trinajstić information content (AvgIpc) is 2.59. The Morgan fingerprint density at radius 3 is 2.85 bits per heavy atom. The Bertz CT molecular complexity index is 966. The van der Waals surface area contributed by atoms with E-state index in [0.29, 0.717) is 29.7 Å². The molecule has 1 amide bonds. The second-order valence-corrected chi connectivity index (χ2v) is 7.17. The molecule has 27 heavy (non-hydrogen) atoms. The maximum Gasteiger partial charge on any atom is 0.270 e. The molecule has 0 aliphatic heterocycles. The molecule has 0 atom stereocenters. The summed E-state index contributed by atoms with van der Waals surface area (Å²) in [6.45, 7) is 3.99. The second kappa shape index (κ2) is 7.06. The lowest BCUT2D eigenvalue weighted by atomic mass is 9.76. The van der Waals surface area contributed by atoms with Crippen LogP contribution in [0.15, 0.2) is 36.5 Å². The van der Waals surface area contributed by atoms with Gasteiger partial charge in [0.15, 0.2) is 5.78 Å². The van der Waals surface area contributed by atoms with E-state index < -0.39 is 10.8 Å². The van der Waals surface area contributed by atoms with Gasteiger partial charge < -0.3 is 0 Å². The highest BCUT2D eigenvalue weighted by Crippen LogP contribution is 2.33. The first-order valence-corrected chi connectivity index (χ1v) is 8.36. The number of anilines is 1. The first kappa shape index (κ1) is 18.4. The van der Waals surface area contributed by atoms with Crippen molar-refractivity contribution in [3.05, 3.63) is 63.5 Å². The fourth-order valence-corrected chi connectivity index (χ4v) is 2.96. The topological polar surface area (TPSA) is 115 Å². The van der Waals surface area contributed by atoms with Crippen molar-refractivity contribution in [2.75, 3.05) is 5.32 Å². The maximum absolute atomic E-state index is 12.1. The van der Waals surface area contributed by atoms with Crippen molar-refractivity contribution >= 4 is 29.4 Å². The first-order valence-electron chi connectivity index (χ1n) is 8.36. The normalized spacial score (nSPS) is 15.4. The molecule has 0 bridgehead atoms. The summed E-state index contributed by atoms with van der Waals surface area (Å²) < 4.78 is 0. The van der Waals surface area contributed by atoms with Crippen LogP contribution in [0.1, 0.15) is 41.9 Å². The number of hydrogen-bond acceptors (Lipinski definition) is 6. The van der Waals surface area contributed by atoms with Crippen molar-refractivity contribution in [2.24, 2.45) is 5.41 Å². The van der Waals surface area contributed by atoms with Gasteiger partial charge in [-0.2, -0.15) is 0 Å². The standard InChI is InChI=1S/C19H18N4O4/c1-19(2)9-15-14(16(24)10-19)11-20-18(21-15)22-17(25)7-6-12-4-3-5-13(8-12)23(26)27/h3-8,11H,9-10H2,1-2H3,(H,20,21,22,25). The molecule has 1 aromatic carbocycles. The smallest absolute Gasteiger partial charge is 0.270 e. The SMILES string of the molecule is CC1(C)CC(=O)c2cnc(NC(=O)C=Cc3cccc([N+](=O)[O-])c3)nc2C1. The van der Waals surface area contributed by atoms with Crippen LogP contribution in [0.3, 0.4) is 0 Å². The largest absolute Gasteiger partial charge is 0.294 e. The summed E-state index contributed by atoms with van der Waals surface area (Å²) in [7, 11) is 0. The van der Waals surface area contributed by atoms with Gasteiger partial charge in [0.05, 0.1) is 16.2 Å². The molecular weight excluding hydrogens is 348 g/mol. The van der Waals surface area contributed by atoms with Crippen LogP contribution in [0, 0.1) is 15.5 Å². The molecule has 0 saturated heterocycles. The summed E-state index contributed by atoms with van der Waals surface area (Å²) in [6, 6.07) is 5.94. The number of carbonyl (C=O) groups excluding carboxylic acids is 2. The van der Waals surface area contributed by atoms with E-state index in [4.69, 9.17) is 0 Å². The van der Waals surface area contributed by atoms with E-state index in [-0.39, 0.29) is 22.8 Å². The summed E-state index contributed by atoms with van der Waals surface area (Å²) in [6.07, 6.45) is 5.23. The van der Waals surface area contributed by atoms with E-state index in [2.05, 4.69) is 15.3 Å². The Morgan fingerprint density at radius 2 is 2.11 bits per heavy atom. The van der Waals surface area contributed by atoms with Gasteiger partial charge in [-0.05, 0) is 23.5 Å². The van der Waals surface area contributed by atoms with E-state index in [9.17, 15) is 19.7 Å². The number of carbonyl (C=O) groups is 2. The van der Waals surface area contributed by atoms with E-state index in [0.717, 1.165) is 0 Å². The van der Waals surface area contributed by atoms with Crippen LogP contribution in [0.5, 0.6) is 0 Å². The zero-order valence-electron chi connectivity index (χ0n) is 14.9. The summed E-state index contributed by atoms with van der Waals surface area (Å²) in [4.78, 5) is 42.9. The van der Waals surface area contributed by atoms with Crippen LogP contribution < -0.4 is 5.32 Å². The lowest BCUT2D eigenvalue weighted by Gasteiger charge is -2.29. The molecular formula is C19H18N4O4. The number of rotatable bonds is 4. The number of nitrogens with zero attached hydrogens (tertiary/aromatic N) is 3. The van der Waals surface area contributed by atoms with E-state index >= 15 is 0 Å². The molecule has 8 heteroatoms. The number of nitro benzene ring substituents is 1. The number of nitro groups is 1. The van der Waals surface area contributed by atoms with Gasteiger partial charge in [0.1, 0.15) is 0 Å². The molecule has 1 aliphatic carbocycles. The zero-order valence-corrected chi connectivity index (χ0v) is 14.9. The van der Waals surface area contributed by atoms with Crippen LogP contribution in [0.4, 0.5) is 11.6 Å². The molecule has 0 spiro atoms. The molecule has 3 rings (SSSR count). The number of non-ortho nitro benzene ring substituents is 1. The quantitative estimate of drug-likeness (QED) is 0.505. The van der Waals surface area contributed by atoms with Crippen molar-refractivity contribution in [1.29, 1.82) is 0 Å². The number of aromatic nitrogens is 2. The minimum absolute atomic E-state index is 0.00435. The number of Topliss-reactive ketones (excluding diaryl/α,β-unsaturated/α-hetero) is 1. The van der Waals surface area contributed by atoms with E-state index in [1.165, 1.54) is 30.5 Å². The highest BCUT2D eigenvalue weighted by Gasteiger charge is 2.32. The van der Waals surface area contributed by atoms with Crippen molar-refractivity contribution < 1.29 is 14.5 Å². The van der Waals surface area contributed by atoms with Gasteiger partial charge in [0.2, 0.25) is 5.95 Å². The number of fused-ring (bicyclic) bond motifs is 1. The van der Waals surface area contributed by atoms with E-state index in [1.54, 1.807) is 12.1 Å². The molecule has 0 radical (unpaired) electrons. The average molecular weight is 366 g/mol. The first-order chi connectivity index (χ1) is 12.7. The summed E-state index contributed by atoms with van der Waals surface area (Å²) >= 11 is 0. The fraction of sp³-hybridized carbons (Fsp3) is 0.263. The Hall–Kier alpha value is -3.42. The molecule has 1 aromatic heterocycles. The second-order valence-electron chi connectivity index (χ2n) is 7.17. The number of benzene rings is 1. The number of nitrogens with one attached hydrogen (secondary N) is 1. The van der Waals surface area contributed by atoms with Crippen LogP contribution in [-0.4, -0.2) is 26.6 Å². The Kier molecular flexibility index (Phi) is 4.81. The van der Waals surface area contributed by atoms with Crippen molar-refractivity contribution in [3.8, 4) is 0 Å². The van der Waals surface area contributed by atoms with Gasteiger partial charge in [-0.25, -0.2) is 9.97 Å². The maximum atomic E-state index is 12.1. The number of hydrogen-bond donors (Lipinski definition) is 1. The van der Waals surface area contributed by atoms with Gasteiger partial charge in [0.25, 0.3) is 11.6 Å². The summed E-state index contributed by atoms with van der Waals surface area (Å²) in [5.74, 6) is -0.347. The third-order valence-electron chi connectivity index (χ3n) is 4.20. The highest BCUT2D eigenvalue weighted by atomic mass is 16.6. The lowest BCUT2D eigenvalue weighted by molar-refractivity contribution is -0.384. The van der Waals surface area contributed by atoms with Crippen molar-refractivity contribution in [3.63, 3.8) is 0 Å². The summed E-state index contributed by atoms with van der Waals surface area (Å²) in [5, 5.41) is 13.3. The molecule has 0 unspecified atom stereocenters. The van der Waals surface area contributed by atoms with Crippen molar-refractivity contribution in [2.45, 2.75) is 26.7 Å². The minimum Gasteiger partial charge on any atom is -0.294 e. The molecule has 1 N–H and O–H groups in total. The molecule has 2 aromatic rings. The van der Waals surface area contributed by atoms with Crippen LogP contribution in [-0.2, 0) is 11.2 Å². The van der Waals surface area contributed by atoms with E-state index in [1.807, 2.05) is 13.8 Å². The van der Waals surface area contributed by atoms with Gasteiger partial charge in [-0.3, -0.25) is 25.0 Å². The number of ketones is 1. The molecule has 0 fully saturated rings. The highest BCUT2D eigenvalue weighted by molar-refractivity contribution is 6.01. The lowest BCUT2D eigenvalue weighted by Crippen LogP contribution is -2.28. The molecule has 1 aliphatic rings. The van der Waals surface area contributed by atoms with Gasteiger partial charge >= 0.3 is 0 Å².